The Bertz CT molecular complexity index is 1340. The standard InChI is InChI=1S/C28H33ClN2O4S/c1-18(2)25-16-26(19(3)14-27(25)35-5)20(4)30-28(32)22-12-10-21(11-13-22)17-31(36(6,33)34)24-9-7-8-23(29)15-24/h7-16,18,20H,17H2,1-6H3,(H,30,32). The Balaban J connectivity index is 1.77. The summed E-state index contributed by atoms with van der Waals surface area (Å²) in [7, 11) is -1.87. The molecule has 36 heavy (non-hydrogen) atoms. The molecule has 6 nitrogen and oxygen atoms in total. The maximum Gasteiger partial charge on any atom is 0.251 e. The van der Waals surface area contributed by atoms with Crippen LogP contribution in [0.25, 0.3) is 0 Å². The van der Waals surface area contributed by atoms with Crippen molar-refractivity contribution >= 4 is 33.2 Å². The molecule has 0 radical (unpaired) electrons. The van der Waals surface area contributed by atoms with E-state index in [1.807, 2.05) is 19.9 Å². The zero-order valence-electron chi connectivity index (χ0n) is 21.5. The van der Waals surface area contributed by atoms with Crippen molar-refractivity contribution in [2.75, 3.05) is 17.7 Å². The zero-order valence-corrected chi connectivity index (χ0v) is 23.1. The number of aryl methyl sites for hydroxylation is 1. The Morgan fingerprint density at radius 3 is 2.25 bits per heavy atom. The second-order valence-electron chi connectivity index (χ2n) is 9.25. The molecular formula is C28H33ClN2O4S. The molecule has 1 unspecified atom stereocenters. The molecule has 0 saturated heterocycles. The van der Waals surface area contributed by atoms with Crippen molar-refractivity contribution in [3.05, 3.63) is 93.5 Å². The third-order valence-corrected chi connectivity index (χ3v) is 7.47. The SMILES string of the molecule is COc1cc(C)c(C(C)NC(=O)c2ccc(CN(c3cccc(Cl)c3)S(C)(=O)=O)cc2)cc1C(C)C. The van der Waals surface area contributed by atoms with Gasteiger partial charge in [0.25, 0.3) is 5.91 Å². The predicted octanol–water partition coefficient (Wildman–Crippen LogP) is 6.24. The van der Waals surface area contributed by atoms with Gasteiger partial charge in [-0.25, -0.2) is 8.42 Å². The van der Waals surface area contributed by atoms with Gasteiger partial charge < -0.3 is 10.1 Å². The number of benzene rings is 3. The summed E-state index contributed by atoms with van der Waals surface area (Å²) in [5.41, 5.74) is 4.90. The van der Waals surface area contributed by atoms with Crippen LogP contribution in [0.2, 0.25) is 5.02 Å². The van der Waals surface area contributed by atoms with Gasteiger partial charge in [-0.2, -0.15) is 0 Å². The fraction of sp³-hybridized carbons (Fsp3) is 0.321. The van der Waals surface area contributed by atoms with Crippen LogP contribution in [0.4, 0.5) is 5.69 Å². The van der Waals surface area contributed by atoms with Crippen LogP contribution in [0, 0.1) is 6.92 Å². The second kappa shape index (κ2) is 11.4. The van der Waals surface area contributed by atoms with E-state index in [0.717, 1.165) is 34.3 Å². The fourth-order valence-corrected chi connectivity index (χ4v) is 5.19. The van der Waals surface area contributed by atoms with Gasteiger partial charge in [0.1, 0.15) is 5.75 Å². The molecule has 0 spiro atoms. The molecule has 3 aromatic rings. The lowest BCUT2D eigenvalue weighted by atomic mass is 9.93. The quantitative estimate of drug-likeness (QED) is 0.357. The van der Waals surface area contributed by atoms with Crippen molar-refractivity contribution in [2.45, 2.75) is 46.2 Å². The van der Waals surface area contributed by atoms with E-state index in [-0.39, 0.29) is 24.4 Å². The Morgan fingerprint density at radius 1 is 1.03 bits per heavy atom. The van der Waals surface area contributed by atoms with Crippen LogP contribution < -0.4 is 14.4 Å². The topological polar surface area (TPSA) is 75.7 Å². The maximum atomic E-state index is 13.0. The molecule has 0 aromatic heterocycles. The third kappa shape index (κ3) is 6.59. The van der Waals surface area contributed by atoms with Crippen molar-refractivity contribution < 1.29 is 17.9 Å². The van der Waals surface area contributed by atoms with Crippen LogP contribution in [0.5, 0.6) is 5.75 Å². The molecule has 3 rings (SSSR count). The summed E-state index contributed by atoms with van der Waals surface area (Å²) in [6.45, 7) is 8.31. The number of anilines is 1. The fourth-order valence-electron chi connectivity index (χ4n) is 4.13. The number of nitrogens with zero attached hydrogens (tertiary/aromatic N) is 1. The largest absolute Gasteiger partial charge is 0.496 e. The Labute approximate surface area is 219 Å². The Hall–Kier alpha value is -3.03. The van der Waals surface area contributed by atoms with Crippen LogP contribution in [0.3, 0.4) is 0 Å². The molecular weight excluding hydrogens is 496 g/mol. The molecule has 0 bridgehead atoms. The van der Waals surface area contributed by atoms with E-state index in [2.05, 4.69) is 25.2 Å². The van der Waals surface area contributed by atoms with Gasteiger partial charge in [0.2, 0.25) is 10.0 Å². The highest BCUT2D eigenvalue weighted by Gasteiger charge is 2.20. The van der Waals surface area contributed by atoms with Crippen molar-refractivity contribution in [3.8, 4) is 5.75 Å². The lowest BCUT2D eigenvalue weighted by Crippen LogP contribution is -2.29. The molecule has 1 atom stereocenters. The van der Waals surface area contributed by atoms with Gasteiger partial charge in [0.05, 0.1) is 31.6 Å². The minimum Gasteiger partial charge on any atom is -0.496 e. The predicted molar refractivity (Wildman–Crippen MR) is 147 cm³/mol. The number of methoxy groups -OCH3 is 1. The lowest BCUT2D eigenvalue weighted by Gasteiger charge is -2.23. The van der Waals surface area contributed by atoms with Crippen molar-refractivity contribution in [1.29, 1.82) is 0 Å². The summed E-state index contributed by atoms with van der Waals surface area (Å²) >= 11 is 6.06. The molecule has 8 heteroatoms. The van der Waals surface area contributed by atoms with Gasteiger partial charge in [-0.3, -0.25) is 9.10 Å². The monoisotopic (exact) mass is 528 g/mol. The van der Waals surface area contributed by atoms with Crippen LogP contribution in [-0.2, 0) is 16.6 Å². The number of ether oxygens (including phenoxy) is 1. The van der Waals surface area contributed by atoms with E-state index >= 15 is 0 Å². The normalized spacial score (nSPS) is 12.3. The number of carbonyl (C=O) groups excluding carboxylic acids is 1. The molecule has 1 amide bonds. The first-order valence-corrected chi connectivity index (χ1v) is 13.9. The number of hydrogen-bond acceptors (Lipinski definition) is 4. The van der Waals surface area contributed by atoms with Gasteiger partial charge in [-0.05, 0) is 84.5 Å². The van der Waals surface area contributed by atoms with Crippen LogP contribution in [0.15, 0.2) is 60.7 Å². The van der Waals surface area contributed by atoms with E-state index in [9.17, 15) is 13.2 Å². The van der Waals surface area contributed by atoms with E-state index in [1.165, 1.54) is 4.31 Å². The van der Waals surface area contributed by atoms with Crippen LogP contribution in [0.1, 0.15) is 65.3 Å². The smallest absolute Gasteiger partial charge is 0.251 e. The zero-order chi connectivity index (χ0) is 26.6. The highest BCUT2D eigenvalue weighted by molar-refractivity contribution is 7.92. The van der Waals surface area contributed by atoms with E-state index in [4.69, 9.17) is 16.3 Å². The van der Waals surface area contributed by atoms with Crippen molar-refractivity contribution in [1.82, 2.24) is 5.32 Å². The highest BCUT2D eigenvalue weighted by atomic mass is 35.5. The van der Waals surface area contributed by atoms with Crippen molar-refractivity contribution in [2.24, 2.45) is 0 Å². The summed E-state index contributed by atoms with van der Waals surface area (Å²) in [4.78, 5) is 13.0. The molecule has 0 fully saturated rings. The minimum absolute atomic E-state index is 0.125. The summed E-state index contributed by atoms with van der Waals surface area (Å²) in [6.07, 6.45) is 1.16. The average Bonchev–Trinajstić information content (AvgIpc) is 2.81. The molecule has 0 aliphatic carbocycles. The number of sulfonamides is 1. The van der Waals surface area contributed by atoms with Gasteiger partial charge in [-0.1, -0.05) is 43.6 Å². The highest BCUT2D eigenvalue weighted by Crippen LogP contribution is 2.32. The Morgan fingerprint density at radius 2 is 1.69 bits per heavy atom. The first kappa shape index (κ1) is 27.6. The average molecular weight is 529 g/mol. The number of amides is 1. The van der Waals surface area contributed by atoms with Crippen LogP contribution >= 0.6 is 11.6 Å². The first-order chi connectivity index (χ1) is 16.9. The number of carbonyl (C=O) groups is 1. The summed E-state index contributed by atoms with van der Waals surface area (Å²) in [5, 5.41) is 3.53. The van der Waals surface area contributed by atoms with E-state index in [1.54, 1.807) is 55.6 Å². The minimum atomic E-state index is -3.54. The maximum absolute atomic E-state index is 13.0. The van der Waals surface area contributed by atoms with E-state index in [0.29, 0.717) is 16.3 Å². The van der Waals surface area contributed by atoms with E-state index < -0.39 is 10.0 Å². The molecule has 0 aliphatic heterocycles. The number of nitrogens with one attached hydrogen (secondary N) is 1. The van der Waals surface area contributed by atoms with Gasteiger partial charge in [-0.15, -0.1) is 0 Å². The Kier molecular flexibility index (Phi) is 8.69. The lowest BCUT2D eigenvalue weighted by molar-refractivity contribution is 0.0939. The van der Waals surface area contributed by atoms with Gasteiger partial charge in [0, 0.05) is 10.6 Å². The molecule has 1 N–H and O–H groups in total. The summed E-state index contributed by atoms with van der Waals surface area (Å²) in [6, 6.07) is 17.5. The number of halogens is 1. The number of rotatable bonds is 9. The molecule has 192 valence electrons. The molecule has 0 heterocycles. The summed E-state index contributed by atoms with van der Waals surface area (Å²) < 4.78 is 31.7. The third-order valence-electron chi connectivity index (χ3n) is 6.09. The molecule has 3 aromatic carbocycles. The number of hydrogen-bond donors (Lipinski definition) is 1. The summed E-state index contributed by atoms with van der Waals surface area (Å²) in [5.74, 6) is 0.930. The molecule has 0 aliphatic rings. The van der Waals surface area contributed by atoms with Gasteiger partial charge in [0.15, 0.2) is 0 Å². The molecule has 0 saturated carbocycles. The second-order valence-corrected chi connectivity index (χ2v) is 11.6. The van der Waals surface area contributed by atoms with Gasteiger partial charge >= 0.3 is 0 Å². The van der Waals surface area contributed by atoms with Crippen LogP contribution in [-0.4, -0.2) is 27.7 Å². The van der Waals surface area contributed by atoms with Crippen molar-refractivity contribution in [3.63, 3.8) is 0 Å². The first-order valence-electron chi connectivity index (χ1n) is 11.7.